The Labute approximate surface area is 166 Å². The number of amides is 1. The number of carbonyl (C=O) groups is 1. The second-order valence-corrected chi connectivity index (χ2v) is 8.78. The number of methoxy groups -OCH3 is 1. The molecule has 0 aromatic heterocycles. The molecule has 0 spiro atoms. The smallest absolute Gasteiger partial charge is 0.251 e. The third kappa shape index (κ3) is 4.36. The van der Waals surface area contributed by atoms with Crippen LogP contribution in [-0.2, 0) is 10.0 Å². The van der Waals surface area contributed by atoms with Crippen molar-refractivity contribution in [3.63, 3.8) is 0 Å². The molecule has 1 atom stereocenters. The first-order chi connectivity index (χ1) is 13.5. The van der Waals surface area contributed by atoms with Gasteiger partial charge in [0.15, 0.2) is 0 Å². The van der Waals surface area contributed by atoms with Gasteiger partial charge in [0.05, 0.1) is 18.0 Å². The van der Waals surface area contributed by atoms with E-state index in [4.69, 9.17) is 4.74 Å². The van der Waals surface area contributed by atoms with Crippen LogP contribution in [0.25, 0.3) is 0 Å². The van der Waals surface area contributed by atoms with Crippen LogP contribution < -0.4 is 10.1 Å². The molecule has 28 heavy (non-hydrogen) atoms. The first-order valence-electron chi connectivity index (χ1n) is 9.50. The molecule has 6 nitrogen and oxygen atoms in total. The maximum absolute atomic E-state index is 12.8. The Morgan fingerprint density at radius 3 is 2.43 bits per heavy atom. The highest BCUT2D eigenvalue weighted by molar-refractivity contribution is 7.89. The molecule has 1 fully saturated rings. The lowest BCUT2D eigenvalue weighted by Gasteiger charge is -2.19. The van der Waals surface area contributed by atoms with Gasteiger partial charge >= 0.3 is 0 Å². The summed E-state index contributed by atoms with van der Waals surface area (Å²) in [6.45, 7) is 3.06. The monoisotopic (exact) mass is 402 g/mol. The van der Waals surface area contributed by atoms with E-state index in [-0.39, 0.29) is 16.8 Å². The van der Waals surface area contributed by atoms with Crippen LogP contribution in [-0.4, -0.2) is 38.8 Å². The highest BCUT2D eigenvalue weighted by Crippen LogP contribution is 2.23. The molecule has 150 valence electrons. The molecule has 1 N–H and O–H groups in total. The Kier molecular flexibility index (Phi) is 6.36. The molecule has 1 saturated heterocycles. The van der Waals surface area contributed by atoms with Crippen LogP contribution in [0.4, 0.5) is 0 Å². The molecular formula is C21H26N2O4S. The molecular weight excluding hydrogens is 376 g/mol. The van der Waals surface area contributed by atoms with E-state index in [0.717, 1.165) is 24.2 Å². The molecule has 0 aliphatic carbocycles. The van der Waals surface area contributed by atoms with Crippen LogP contribution >= 0.6 is 0 Å². The average Bonchev–Trinajstić information content (AvgIpc) is 3.28. The highest BCUT2D eigenvalue weighted by Gasteiger charge is 2.27. The Balaban J connectivity index is 1.78. The standard InChI is InChI=1S/C21H26N2O4S/c1-3-20(16-9-11-18(27-2)12-10-16)22-21(24)17-7-6-8-19(15-17)28(25,26)23-13-4-5-14-23/h6-12,15,20H,3-5,13-14H2,1-2H3,(H,22,24)/t20-/m0/s1. The van der Waals surface area contributed by atoms with E-state index in [0.29, 0.717) is 25.1 Å². The molecule has 1 aliphatic heterocycles. The minimum atomic E-state index is -3.55. The number of hydrogen-bond donors (Lipinski definition) is 1. The number of ether oxygens (including phenoxy) is 1. The van der Waals surface area contributed by atoms with Crippen molar-refractivity contribution in [3.05, 3.63) is 59.7 Å². The van der Waals surface area contributed by atoms with Crippen molar-refractivity contribution in [3.8, 4) is 5.75 Å². The van der Waals surface area contributed by atoms with E-state index < -0.39 is 10.0 Å². The lowest BCUT2D eigenvalue weighted by molar-refractivity contribution is 0.0935. The van der Waals surface area contributed by atoms with Crippen LogP contribution in [0.1, 0.15) is 48.1 Å². The van der Waals surface area contributed by atoms with Gasteiger partial charge in [-0.15, -0.1) is 0 Å². The molecule has 0 unspecified atom stereocenters. The maximum Gasteiger partial charge on any atom is 0.251 e. The van der Waals surface area contributed by atoms with Crippen molar-refractivity contribution in [2.45, 2.75) is 37.1 Å². The van der Waals surface area contributed by atoms with Crippen LogP contribution in [0.5, 0.6) is 5.75 Å². The van der Waals surface area contributed by atoms with Gasteiger partial charge in [-0.25, -0.2) is 8.42 Å². The number of nitrogens with one attached hydrogen (secondary N) is 1. The molecule has 1 aliphatic rings. The van der Waals surface area contributed by atoms with Crippen molar-refractivity contribution in [2.75, 3.05) is 20.2 Å². The maximum atomic E-state index is 12.8. The zero-order chi connectivity index (χ0) is 20.1. The van der Waals surface area contributed by atoms with E-state index in [1.807, 2.05) is 31.2 Å². The Morgan fingerprint density at radius 1 is 1.14 bits per heavy atom. The van der Waals surface area contributed by atoms with E-state index in [9.17, 15) is 13.2 Å². The summed E-state index contributed by atoms with van der Waals surface area (Å²) in [5, 5.41) is 3.00. The van der Waals surface area contributed by atoms with E-state index in [2.05, 4.69) is 5.32 Å². The van der Waals surface area contributed by atoms with Crippen molar-refractivity contribution in [2.24, 2.45) is 0 Å². The van der Waals surface area contributed by atoms with Gasteiger partial charge in [-0.2, -0.15) is 4.31 Å². The van der Waals surface area contributed by atoms with Gasteiger partial charge in [-0.1, -0.05) is 25.1 Å². The number of nitrogens with zero attached hydrogens (tertiary/aromatic N) is 1. The normalized spacial score (nSPS) is 15.9. The summed E-state index contributed by atoms with van der Waals surface area (Å²) in [6.07, 6.45) is 2.46. The lowest BCUT2D eigenvalue weighted by Crippen LogP contribution is -2.30. The molecule has 3 rings (SSSR count). The Hall–Kier alpha value is -2.38. The van der Waals surface area contributed by atoms with Crippen molar-refractivity contribution < 1.29 is 17.9 Å². The van der Waals surface area contributed by atoms with Gasteiger partial charge in [0.2, 0.25) is 10.0 Å². The SMILES string of the molecule is CC[C@H](NC(=O)c1cccc(S(=O)(=O)N2CCCC2)c1)c1ccc(OC)cc1. The summed E-state index contributed by atoms with van der Waals surface area (Å²) in [7, 11) is -1.94. The zero-order valence-corrected chi connectivity index (χ0v) is 17.0. The number of hydrogen-bond acceptors (Lipinski definition) is 4. The highest BCUT2D eigenvalue weighted by atomic mass is 32.2. The molecule has 0 radical (unpaired) electrons. The first kappa shape index (κ1) is 20.4. The molecule has 1 heterocycles. The zero-order valence-electron chi connectivity index (χ0n) is 16.2. The largest absolute Gasteiger partial charge is 0.497 e. The number of rotatable bonds is 7. The van der Waals surface area contributed by atoms with Gasteiger partial charge in [-0.05, 0) is 55.2 Å². The van der Waals surface area contributed by atoms with Crippen molar-refractivity contribution in [1.29, 1.82) is 0 Å². The van der Waals surface area contributed by atoms with Crippen molar-refractivity contribution in [1.82, 2.24) is 9.62 Å². The fourth-order valence-corrected chi connectivity index (χ4v) is 4.94. The summed E-state index contributed by atoms with van der Waals surface area (Å²) < 4.78 is 32.2. The fourth-order valence-electron chi connectivity index (χ4n) is 3.37. The third-order valence-corrected chi connectivity index (χ3v) is 6.93. The summed E-state index contributed by atoms with van der Waals surface area (Å²) in [5.41, 5.74) is 1.31. The number of benzene rings is 2. The molecule has 0 saturated carbocycles. The van der Waals surface area contributed by atoms with Crippen molar-refractivity contribution >= 4 is 15.9 Å². The summed E-state index contributed by atoms with van der Waals surface area (Å²) in [6, 6.07) is 13.6. The second-order valence-electron chi connectivity index (χ2n) is 6.85. The van der Waals surface area contributed by atoms with Gasteiger partial charge in [0, 0.05) is 18.7 Å². The van der Waals surface area contributed by atoms with Crippen LogP contribution in [0.2, 0.25) is 0 Å². The quantitative estimate of drug-likeness (QED) is 0.771. The number of sulfonamides is 1. The predicted octanol–water partition coefficient (Wildman–Crippen LogP) is 3.36. The van der Waals surface area contributed by atoms with Gasteiger partial charge in [0.1, 0.15) is 5.75 Å². The minimum Gasteiger partial charge on any atom is -0.497 e. The first-order valence-corrected chi connectivity index (χ1v) is 10.9. The summed E-state index contributed by atoms with van der Waals surface area (Å²) in [5.74, 6) is 0.464. The average molecular weight is 403 g/mol. The van der Waals surface area contributed by atoms with E-state index >= 15 is 0 Å². The fraction of sp³-hybridized carbons (Fsp3) is 0.381. The molecule has 7 heteroatoms. The minimum absolute atomic E-state index is 0.166. The third-order valence-electron chi connectivity index (χ3n) is 5.03. The predicted molar refractivity (Wildman–Crippen MR) is 108 cm³/mol. The summed E-state index contributed by atoms with van der Waals surface area (Å²) in [4.78, 5) is 12.9. The molecule has 1 amide bonds. The van der Waals surface area contributed by atoms with E-state index in [1.54, 1.807) is 25.3 Å². The molecule has 2 aromatic carbocycles. The van der Waals surface area contributed by atoms with E-state index in [1.165, 1.54) is 10.4 Å². The summed E-state index contributed by atoms with van der Waals surface area (Å²) >= 11 is 0. The Morgan fingerprint density at radius 2 is 1.82 bits per heavy atom. The topological polar surface area (TPSA) is 75.7 Å². The van der Waals surface area contributed by atoms with Gasteiger partial charge < -0.3 is 10.1 Å². The Bertz CT molecular complexity index is 920. The van der Waals surface area contributed by atoms with Gasteiger partial charge in [0.25, 0.3) is 5.91 Å². The lowest BCUT2D eigenvalue weighted by atomic mass is 10.0. The van der Waals surface area contributed by atoms with Gasteiger partial charge in [-0.3, -0.25) is 4.79 Å². The number of carbonyl (C=O) groups excluding carboxylic acids is 1. The molecule has 2 aromatic rings. The van der Waals surface area contributed by atoms with Crippen LogP contribution in [0.15, 0.2) is 53.4 Å². The molecule has 0 bridgehead atoms. The van der Waals surface area contributed by atoms with Crippen LogP contribution in [0, 0.1) is 0 Å². The second kappa shape index (κ2) is 8.75. The van der Waals surface area contributed by atoms with Crippen LogP contribution in [0.3, 0.4) is 0 Å².